The van der Waals surface area contributed by atoms with Crippen molar-refractivity contribution < 1.29 is 0 Å². The lowest BCUT2D eigenvalue weighted by molar-refractivity contribution is -0.256. The predicted octanol–water partition coefficient (Wildman–Crippen LogP) is 12.4. The molecule has 0 aliphatic heterocycles. The molecule has 0 N–H and O–H groups in total. The van der Waals surface area contributed by atoms with Crippen molar-refractivity contribution in [1.82, 2.24) is 0 Å². The van der Waals surface area contributed by atoms with Gasteiger partial charge in [0.15, 0.2) is 0 Å². The van der Waals surface area contributed by atoms with Crippen molar-refractivity contribution in [2.75, 3.05) is 0 Å². The van der Waals surface area contributed by atoms with Gasteiger partial charge in [-0.25, -0.2) is 0 Å². The van der Waals surface area contributed by atoms with Crippen LogP contribution in [0.25, 0.3) is 0 Å². The molecule has 0 heterocycles. The molecule has 0 saturated heterocycles. The van der Waals surface area contributed by atoms with E-state index in [-0.39, 0.29) is 0 Å². The maximum Gasteiger partial charge on any atom is -0.0165 e. The topological polar surface area (TPSA) is 0 Å². The van der Waals surface area contributed by atoms with Crippen LogP contribution in [-0.4, -0.2) is 0 Å². The molecule has 1 spiro atoms. The minimum absolute atomic E-state index is 0.470. The molecule has 0 bridgehead atoms. The van der Waals surface area contributed by atoms with Gasteiger partial charge in [-0.1, -0.05) is 94.4 Å². The zero-order chi connectivity index (χ0) is 30.9. The normalized spacial score (nSPS) is 54.8. The van der Waals surface area contributed by atoms with Gasteiger partial charge in [-0.3, -0.25) is 0 Å². The SMILES string of the molecule is CC(C)C1C(C(C)C)C2(C3CCC4CC5C6CCCCC6CCC5C4C3C3CC(C(C)(C)C)C4CCCCC4C32)C1C(C)C. The van der Waals surface area contributed by atoms with Crippen LogP contribution in [0.2, 0.25) is 0 Å². The van der Waals surface area contributed by atoms with Crippen molar-refractivity contribution in [2.45, 2.75) is 152 Å². The average molecular weight is 603 g/mol. The van der Waals surface area contributed by atoms with Gasteiger partial charge in [-0.15, -0.1) is 0 Å². The van der Waals surface area contributed by atoms with Crippen molar-refractivity contribution in [3.05, 3.63) is 0 Å². The fraction of sp³-hybridized carbons (Fsp3) is 1.00. The Bertz CT molecular complexity index is 1020. The van der Waals surface area contributed by atoms with E-state index in [1.165, 1.54) is 6.42 Å². The molecule has 44 heavy (non-hydrogen) atoms. The molecule has 8 fully saturated rings. The number of fused-ring (bicyclic) bond motifs is 13. The molecule has 15 atom stereocenters. The molecule has 0 radical (unpaired) electrons. The molecule has 8 aliphatic rings. The van der Waals surface area contributed by atoms with Crippen LogP contribution >= 0.6 is 0 Å². The van der Waals surface area contributed by atoms with Gasteiger partial charge >= 0.3 is 0 Å². The first-order valence-electron chi connectivity index (χ1n) is 21.0. The Morgan fingerprint density at radius 3 is 1.75 bits per heavy atom. The lowest BCUT2D eigenvalue weighted by atomic mass is 9.32. The van der Waals surface area contributed by atoms with Gasteiger partial charge in [0.05, 0.1) is 0 Å². The van der Waals surface area contributed by atoms with E-state index in [0.29, 0.717) is 10.8 Å². The Kier molecular flexibility index (Phi) is 7.83. The fourth-order valence-electron chi connectivity index (χ4n) is 18.0. The van der Waals surface area contributed by atoms with Gasteiger partial charge in [-0.05, 0) is 181 Å². The molecule has 0 aromatic rings. The van der Waals surface area contributed by atoms with Crippen LogP contribution in [0, 0.1) is 123 Å². The molecule has 0 aromatic carbocycles. The minimum Gasteiger partial charge on any atom is -0.0625 e. The van der Waals surface area contributed by atoms with E-state index in [9.17, 15) is 0 Å². The minimum atomic E-state index is 0.470. The highest BCUT2D eigenvalue weighted by Crippen LogP contribution is 2.83. The number of hydrogen-bond acceptors (Lipinski definition) is 0. The molecule has 8 rings (SSSR count). The second-order valence-corrected chi connectivity index (χ2v) is 21.3. The Morgan fingerprint density at radius 1 is 0.500 bits per heavy atom. The Morgan fingerprint density at radius 2 is 1.11 bits per heavy atom. The van der Waals surface area contributed by atoms with Crippen LogP contribution in [0.3, 0.4) is 0 Å². The molecular formula is C44H74. The molecular weight excluding hydrogens is 528 g/mol. The second kappa shape index (κ2) is 11.0. The predicted molar refractivity (Wildman–Crippen MR) is 187 cm³/mol. The van der Waals surface area contributed by atoms with Crippen LogP contribution in [0.1, 0.15) is 152 Å². The van der Waals surface area contributed by atoms with Gasteiger partial charge in [0, 0.05) is 0 Å². The van der Waals surface area contributed by atoms with Crippen molar-refractivity contribution >= 4 is 0 Å². The van der Waals surface area contributed by atoms with Crippen LogP contribution in [0.15, 0.2) is 0 Å². The summed E-state index contributed by atoms with van der Waals surface area (Å²) in [4.78, 5) is 0. The molecule has 8 saturated carbocycles. The first kappa shape index (κ1) is 31.3. The van der Waals surface area contributed by atoms with Gasteiger partial charge in [0.2, 0.25) is 0 Å². The summed E-state index contributed by atoms with van der Waals surface area (Å²) in [5, 5.41) is 0. The zero-order valence-electron chi connectivity index (χ0n) is 30.9. The van der Waals surface area contributed by atoms with E-state index >= 15 is 0 Å². The summed E-state index contributed by atoms with van der Waals surface area (Å²) in [7, 11) is 0. The first-order valence-corrected chi connectivity index (χ1v) is 21.0. The van der Waals surface area contributed by atoms with Gasteiger partial charge in [0.1, 0.15) is 0 Å². The monoisotopic (exact) mass is 603 g/mol. The van der Waals surface area contributed by atoms with Crippen molar-refractivity contribution in [3.8, 4) is 0 Å². The van der Waals surface area contributed by atoms with Crippen LogP contribution in [-0.2, 0) is 0 Å². The zero-order valence-corrected chi connectivity index (χ0v) is 30.9. The summed E-state index contributed by atoms with van der Waals surface area (Å²) < 4.78 is 0. The van der Waals surface area contributed by atoms with Crippen LogP contribution in [0.5, 0.6) is 0 Å². The summed E-state index contributed by atoms with van der Waals surface area (Å²) in [5.41, 5.74) is 1.12. The Balaban J connectivity index is 1.27. The smallest absolute Gasteiger partial charge is 0.0165 e. The van der Waals surface area contributed by atoms with Gasteiger partial charge in [-0.2, -0.15) is 0 Å². The summed E-state index contributed by atoms with van der Waals surface area (Å²) in [6.45, 7) is 24.0. The summed E-state index contributed by atoms with van der Waals surface area (Å²) >= 11 is 0. The van der Waals surface area contributed by atoms with E-state index in [1.807, 2.05) is 0 Å². The van der Waals surface area contributed by atoms with Gasteiger partial charge in [0.25, 0.3) is 0 Å². The Labute approximate surface area is 274 Å². The van der Waals surface area contributed by atoms with Crippen LogP contribution in [0.4, 0.5) is 0 Å². The number of hydrogen-bond donors (Lipinski definition) is 0. The van der Waals surface area contributed by atoms with Crippen molar-refractivity contribution in [1.29, 1.82) is 0 Å². The molecule has 8 aliphatic carbocycles. The second-order valence-electron chi connectivity index (χ2n) is 21.3. The highest BCUT2D eigenvalue weighted by atomic mass is 14.8. The highest BCUT2D eigenvalue weighted by Gasteiger charge is 2.79. The highest BCUT2D eigenvalue weighted by molar-refractivity contribution is 5.26. The average Bonchev–Trinajstić information content (AvgIpc) is 3.49. The molecule has 0 aromatic heterocycles. The summed E-state index contributed by atoms with van der Waals surface area (Å²) in [6, 6.07) is 0. The molecule has 250 valence electrons. The lowest BCUT2D eigenvalue weighted by Crippen LogP contribution is -2.68. The van der Waals surface area contributed by atoms with E-state index in [4.69, 9.17) is 0 Å². The van der Waals surface area contributed by atoms with Crippen LogP contribution < -0.4 is 0 Å². The van der Waals surface area contributed by atoms with Crippen molar-refractivity contribution in [3.63, 3.8) is 0 Å². The van der Waals surface area contributed by atoms with E-state index < -0.39 is 0 Å². The standard InChI is InChI=1S/C44H74/c1-24(2)37-40(25(3)4)44(41(37)26(5)6)35-21-19-28-22-33-29-15-11-10-14-27(29)18-20-31(33)38(28)39(35)34-23-36(43(7,8)9)30-16-12-13-17-32(30)42(34)44/h24-42H,10-23H2,1-9H3. The largest absolute Gasteiger partial charge is 0.0625 e. The maximum atomic E-state index is 2.70. The first-order chi connectivity index (χ1) is 21.0. The maximum absolute atomic E-state index is 2.70. The third-order valence-electron chi connectivity index (χ3n) is 18.2. The van der Waals surface area contributed by atoms with Gasteiger partial charge < -0.3 is 0 Å². The third-order valence-corrected chi connectivity index (χ3v) is 18.2. The van der Waals surface area contributed by atoms with E-state index in [2.05, 4.69) is 62.3 Å². The molecule has 0 heteroatoms. The fourth-order valence-corrected chi connectivity index (χ4v) is 18.0. The number of rotatable bonds is 3. The molecule has 0 nitrogen and oxygen atoms in total. The summed E-state index contributed by atoms with van der Waals surface area (Å²) in [5.74, 6) is 19.4. The summed E-state index contributed by atoms with van der Waals surface area (Å²) in [6.07, 6.45) is 22.3. The molecule has 15 unspecified atom stereocenters. The Hall–Kier alpha value is 0. The molecule has 0 amide bonds. The quantitative estimate of drug-likeness (QED) is 0.301. The van der Waals surface area contributed by atoms with E-state index in [0.717, 1.165) is 112 Å². The lowest BCUT2D eigenvalue weighted by Gasteiger charge is -2.72. The third kappa shape index (κ3) is 4.18. The van der Waals surface area contributed by atoms with Crippen molar-refractivity contribution in [2.24, 2.45) is 123 Å². The van der Waals surface area contributed by atoms with E-state index in [1.54, 1.807) is 83.5 Å².